The number of rotatable bonds is 5. The third kappa shape index (κ3) is 5.69. The van der Waals surface area contributed by atoms with Gasteiger partial charge in [0.1, 0.15) is 0 Å². The minimum absolute atomic E-state index is 0.0887. The molecule has 8 aromatic rings. The molecule has 0 amide bonds. The van der Waals surface area contributed by atoms with Gasteiger partial charge in [-0.05, 0) is 145 Å². The van der Waals surface area contributed by atoms with E-state index in [1.807, 2.05) is 0 Å². The van der Waals surface area contributed by atoms with E-state index in [1.165, 1.54) is 113 Å². The Morgan fingerprint density at radius 2 is 1.05 bits per heavy atom. The summed E-state index contributed by atoms with van der Waals surface area (Å²) in [4.78, 5) is 5.01. The van der Waals surface area contributed by atoms with Gasteiger partial charge in [-0.3, -0.25) is 0 Å². The van der Waals surface area contributed by atoms with Crippen LogP contribution in [-0.2, 0) is 18.3 Å². The van der Waals surface area contributed by atoms with Gasteiger partial charge in [-0.2, -0.15) is 0 Å². The largest absolute Gasteiger partial charge is 0.341 e. The molecule has 1 aliphatic carbocycles. The summed E-state index contributed by atoms with van der Waals surface area (Å²) >= 11 is 0. The summed E-state index contributed by atoms with van der Waals surface area (Å²) in [6.07, 6.45) is 9.28. The Morgan fingerprint density at radius 3 is 1.81 bits per heavy atom. The van der Waals surface area contributed by atoms with Crippen molar-refractivity contribution in [1.82, 2.24) is 0 Å². The fourth-order valence-corrected chi connectivity index (χ4v) is 10.1. The van der Waals surface area contributed by atoms with Crippen molar-refractivity contribution in [3.8, 4) is 22.3 Å². The zero-order chi connectivity index (χ0) is 38.1. The number of fused-ring (bicyclic) bond motifs is 7. The summed E-state index contributed by atoms with van der Waals surface area (Å²) in [7, 11) is 0. The van der Waals surface area contributed by atoms with E-state index in [2.05, 4.69) is 194 Å². The third-order valence-electron chi connectivity index (χ3n) is 13.1. The summed E-state index contributed by atoms with van der Waals surface area (Å²) < 4.78 is 0. The first-order valence-corrected chi connectivity index (χ1v) is 20.7. The van der Waals surface area contributed by atoms with E-state index in [0.717, 1.165) is 25.9 Å². The Morgan fingerprint density at radius 1 is 0.474 bits per heavy atom. The van der Waals surface area contributed by atoms with Crippen LogP contribution in [0.15, 0.2) is 158 Å². The molecule has 0 unspecified atom stereocenters. The normalized spacial score (nSPS) is 15.5. The van der Waals surface area contributed by atoms with Crippen LogP contribution in [-0.4, -0.2) is 13.1 Å². The quantitative estimate of drug-likeness (QED) is 0.162. The molecule has 0 atom stereocenters. The van der Waals surface area contributed by atoms with Crippen molar-refractivity contribution >= 4 is 56.4 Å². The molecule has 0 saturated carbocycles. The number of hydrogen-bond donors (Lipinski definition) is 0. The van der Waals surface area contributed by atoms with Gasteiger partial charge in [0.05, 0.1) is 0 Å². The number of benzene rings is 8. The van der Waals surface area contributed by atoms with Crippen LogP contribution >= 0.6 is 0 Å². The maximum atomic E-state index is 2.52. The van der Waals surface area contributed by atoms with Gasteiger partial charge in [-0.1, -0.05) is 141 Å². The summed E-state index contributed by atoms with van der Waals surface area (Å²) in [5, 5.41) is 5.09. The molecule has 0 radical (unpaired) electrons. The smallest absolute Gasteiger partial charge is 0.0443 e. The van der Waals surface area contributed by atoms with Gasteiger partial charge >= 0.3 is 0 Å². The van der Waals surface area contributed by atoms with Crippen LogP contribution in [0.2, 0.25) is 0 Å². The number of hydrogen-bond acceptors (Lipinski definition) is 2. The predicted octanol–water partition coefficient (Wildman–Crippen LogP) is 14.3. The molecule has 0 fully saturated rings. The first-order valence-electron chi connectivity index (χ1n) is 20.7. The summed E-state index contributed by atoms with van der Waals surface area (Å²) in [6, 6.07) is 59.4. The van der Waals surface area contributed by atoms with E-state index in [-0.39, 0.29) is 5.41 Å². The van der Waals surface area contributed by atoms with E-state index in [0.29, 0.717) is 0 Å². The fourth-order valence-electron chi connectivity index (χ4n) is 10.1. The van der Waals surface area contributed by atoms with Crippen LogP contribution in [0.1, 0.15) is 60.1 Å². The molecule has 0 spiro atoms. The van der Waals surface area contributed by atoms with Crippen molar-refractivity contribution in [2.24, 2.45) is 0 Å². The van der Waals surface area contributed by atoms with Crippen molar-refractivity contribution < 1.29 is 0 Å². The van der Waals surface area contributed by atoms with Crippen molar-refractivity contribution in [3.05, 3.63) is 191 Å². The molecule has 3 aliphatic rings. The molecule has 2 heterocycles. The Labute approximate surface area is 336 Å². The molecule has 8 aromatic carbocycles. The molecule has 2 heteroatoms. The highest BCUT2D eigenvalue weighted by Gasteiger charge is 2.36. The highest BCUT2D eigenvalue weighted by Crippen LogP contribution is 2.51. The van der Waals surface area contributed by atoms with Gasteiger partial charge in [-0.15, -0.1) is 0 Å². The van der Waals surface area contributed by atoms with Crippen LogP contribution < -0.4 is 9.80 Å². The lowest BCUT2D eigenvalue weighted by atomic mass is 9.81. The van der Waals surface area contributed by atoms with Gasteiger partial charge < -0.3 is 9.80 Å². The maximum absolute atomic E-state index is 2.52. The van der Waals surface area contributed by atoms with Gasteiger partial charge in [-0.25, -0.2) is 0 Å². The molecule has 2 aliphatic heterocycles. The van der Waals surface area contributed by atoms with E-state index in [9.17, 15) is 0 Å². The number of para-hydroxylation sites is 2. The number of aryl methyl sites for hydroxylation is 2. The summed E-state index contributed by atoms with van der Waals surface area (Å²) in [6.45, 7) is 6.91. The van der Waals surface area contributed by atoms with Gasteiger partial charge in [0.25, 0.3) is 0 Å². The number of anilines is 4. The number of nitrogens with zero attached hydrogens (tertiary/aromatic N) is 2. The van der Waals surface area contributed by atoms with Crippen molar-refractivity contribution in [2.75, 3.05) is 22.9 Å². The van der Waals surface area contributed by atoms with Gasteiger partial charge in [0.2, 0.25) is 0 Å². The Balaban J connectivity index is 0.881. The molecule has 276 valence electrons. The lowest BCUT2D eigenvalue weighted by Crippen LogP contribution is -2.25. The average Bonchev–Trinajstić information content (AvgIpc) is 3.49. The predicted molar refractivity (Wildman–Crippen MR) is 243 cm³/mol. The van der Waals surface area contributed by atoms with Crippen LogP contribution in [0.5, 0.6) is 0 Å². The van der Waals surface area contributed by atoms with E-state index in [4.69, 9.17) is 0 Å². The first kappa shape index (κ1) is 33.9. The fraction of sp³-hybridized carbons (Fsp3) is 0.164. The summed E-state index contributed by atoms with van der Waals surface area (Å²) in [5.41, 5.74) is 18.6. The molecule has 0 aromatic heterocycles. The van der Waals surface area contributed by atoms with Crippen LogP contribution in [0.25, 0.3) is 56.0 Å². The lowest BCUT2D eigenvalue weighted by Gasteiger charge is -2.32. The zero-order valence-electron chi connectivity index (χ0n) is 32.8. The van der Waals surface area contributed by atoms with Crippen molar-refractivity contribution in [3.63, 3.8) is 0 Å². The lowest BCUT2D eigenvalue weighted by molar-refractivity contribution is 0.659. The second kappa shape index (κ2) is 13.4. The first-order chi connectivity index (χ1) is 28.0. The maximum Gasteiger partial charge on any atom is 0.0443 e. The molecule has 0 bridgehead atoms. The van der Waals surface area contributed by atoms with E-state index in [1.54, 1.807) is 0 Å². The highest BCUT2D eigenvalue weighted by molar-refractivity contribution is 6.03. The van der Waals surface area contributed by atoms with Gasteiger partial charge in [0.15, 0.2) is 0 Å². The molecular weight excluding hydrogens is 689 g/mol. The van der Waals surface area contributed by atoms with Crippen molar-refractivity contribution in [1.29, 1.82) is 0 Å². The monoisotopic (exact) mass is 734 g/mol. The highest BCUT2D eigenvalue weighted by atomic mass is 15.1. The second-order valence-corrected chi connectivity index (χ2v) is 16.8. The van der Waals surface area contributed by atoms with Crippen LogP contribution in [0.4, 0.5) is 22.7 Å². The minimum atomic E-state index is -0.0887. The average molecular weight is 735 g/mol. The summed E-state index contributed by atoms with van der Waals surface area (Å²) in [5.74, 6) is 0. The molecule has 57 heavy (non-hydrogen) atoms. The van der Waals surface area contributed by atoms with Gasteiger partial charge in [0, 0.05) is 41.3 Å². The van der Waals surface area contributed by atoms with E-state index < -0.39 is 0 Å². The Bertz CT molecular complexity index is 2910. The second-order valence-electron chi connectivity index (χ2n) is 16.8. The third-order valence-corrected chi connectivity index (χ3v) is 13.1. The van der Waals surface area contributed by atoms with Crippen LogP contribution in [0, 0.1) is 0 Å². The minimum Gasteiger partial charge on any atom is -0.341 e. The molecule has 2 nitrogen and oxygen atoms in total. The topological polar surface area (TPSA) is 6.48 Å². The van der Waals surface area contributed by atoms with E-state index >= 15 is 0 Å². The zero-order valence-corrected chi connectivity index (χ0v) is 32.8. The molecule has 0 saturated heterocycles. The molecule has 11 rings (SSSR count). The van der Waals surface area contributed by atoms with Crippen LogP contribution in [0.3, 0.4) is 0 Å². The standard InChI is InChI=1S/C55H46N2/c1-55(2)51-33-37(20-28-49(51)50-30-27-45(36-52(50)55)57-32-10-14-40-12-4-8-18-54(40)57)19-21-38-25-29-47(48-16-6-5-15-46(38)48)43-23-22-42-35-44(26-24-41(42)34-43)56-31-9-13-39-11-3-7-17-53(39)56/h3-8,11-12,15-30,33-36H,9-10,13-14,31-32H2,1-2H3/b21-19+. The Kier molecular flexibility index (Phi) is 7.96. The SMILES string of the molecule is CC1(C)c2cc(/C=C/c3ccc(-c4ccc5cc(N6CCCc7ccccc76)ccc5c4)c4ccccc34)ccc2-c2ccc(N3CCCc4ccccc43)cc21. The molecule has 0 N–H and O–H groups in total. The van der Waals surface area contributed by atoms with Crippen molar-refractivity contribution in [2.45, 2.75) is 44.9 Å². The molecular formula is C55H46N2. The Hall–Kier alpha value is -6.38.